The molecule has 0 spiro atoms. The van der Waals surface area contributed by atoms with E-state index >= 15 is 0 Å². The number of aromatic nitrogens is 1. The molecule has 150 valence electrons. The molecule has 1 aromatic heterocycles. The number of pyridine rings is 1. The number of allylic oxidation sites excluding steroid dienone is 2. The lowest BCUT2D eigenvalue weighted by Gasteiger charge is -2.36. The Balaban J connectivity index is 1.59. The first-order valence-electron chi connectivity index (χ1n) is 9.05. The maximum absolute atomic E-state index is 12.8. The number of carbonyl (C=O) groups excluding carboxylic acids is 3. The van der Waals surface area contributed by atoms with Crippen LogP contribution in [-0.2, 0) is 4.79 Å². The second-order valence-electron chi connectivity index (χ2n) is 7.08. The van der Waals surface area contributed by atoms with Gasteiger partial charge in [-0.05, 0) is 37.3 Å². The van der Waals surface area contributed by atoms with Crippen LogP contribution in [0.3, 0.4) is 0 Å². The average molecular weight is 412 g/mol. The number of rotatable bonds is 5. The molecule has 1 aliphatic heterocycles. The Labute approximate surface area is 165 Å². The Kier molecular flexibility index (Phi) is 5.79. The number of hydrogen-bond donors (Lipinski definition) is 1. The molecule has 2 aliphatic rings. The van der Waals surface area contributed by atoms with Gasteiger partial charge in [0.15, 0.2) is 0 Å². The molecule has 0 radical (unpaired) electrons. The molecule has 0 atom stereocenters. The molecule has 1 N–H and O–H groups in total. The summed E-state index contributed by atoms with van der Waals surface area (Å²) >= 11 is 6.21. The molecule has 1 aliphatic carbocycles. The van der Waals surface area contributed by atoms with Gasteiger partial charge in [0.1, 0.15) is 16.4 Å². The summed E-state index contributed by atoms with van der Waals surface area (Å²) in [5.74, 6) is -5.22. The minimum atomic E-state index is -3.38. The molecule has 0 saturated carbocycles. The zero-order valence-corrected chi connectivity index (χ0v) is 16.1. The van der Waals surface area contributed by atoms with Gasteiger partial charge in [-0.25, -0.2) is 0 Å². The van der Waals surface area contributed by atoms with Crippen molar-refractivity contribution in [2.24, 2.45) is 5.92 Å². The van der Waals surface area contributed by atoms with Crippen molar-refractivity contribution in [1.29, 1.82) is 0 Å². The molecular weight excluding hydrogens is 392 g/mol. The SMILES string of the molecule is CC(F)(F)C(=O)NCCC1CCN(C2=C(Cl)C(=O)c3cccnc3C2=O)CC1. The van der Waals surface area contributed by atoms with E-state index in [9.17, 15) is 23.2 Å². The smallest absolute Gasteiger partial charge is 0.321 e. The number of amides is 1. The molecule has 1 aromatic rings. The summed E-state index contributed by atoms with van der Waals surface area (Å²) in [6.45, 7) is 1.75. The number of piperidine rings is 1. The third kappa shape index (κ3) is 4.06. The first-order chi connectivity index (χ1) is 13.2. The van der Waals surface area contributed by atoms with E-state index in [1.807, 2.05) is 0 Å². The van der Waals surface area contributed by atoms with Crippen LogP contribution in [0.4, 0.5) is 8.78 Å². The fraction of sp³-hybridized carbons (Fsp3) is 0.474. The molecule has 1 saturated heterocycles. The normalized spacial score (nSPS) is 18.4. The van der Waals surface area contributed by atoms with Gasteiger partial charge in [-0.1, -0.05) is 11.6 Å². The highest BCUT2D eigenvalue weighted by atomic mass is 35.5. The van der Waals surface area contributed by atoms with E-state index in [0.29, 0.717) is 39.3 Å². The van der Waals surface area contributed by atoms with Crippen molar-refractivity contribution < 1.29 is 23.2 Å². The minimum absolute atomic E-state index is 0.0959. The lowest BCUT2D eigenvalue weighted by atomic mass is 9.91. The quantitative estimate of drug-likeness (QED) is 0.806. The molecular formula is C19H20ClF2N3O3. The highest BCUT2D eigenvalue weighted by Gasteiger charge is 2.36. The Morgan fingerprint density at radius 3 is 2.64 bits per heavy atom. The number of Topliss-reactive ketones (excluding diaryl/α,β-unsaturated/α-hetero) is 2. The fourth-order valence-corrected chi connectivity index (χ4v) is 3.79. The molecule has 28 heavy (non-hydrogen) atoms. The van der Waals surface area contributed by atoms with Gasteiger partial charge in [-0.15, -0.1) is 0 Å². The van der Waals surface area contributed by atoms with Crippen molar-refractivity contribution in [1.82, 2.24) is 15.2 Å². The summed E-state index contributed by atoms with van der Waals surface area (Å²) in [5, 5.41) is 2.14. The molecule has 6 nitrogen and oxygen atoms in total. The maximum Gasteiger partial charge on any atom is 0.321 e. The molecule has 2 heterocycles. The zero-order valence-electron chi connectivity index (χ0n) is 15.3. The van der Waals surface area contributed by atoms with Gasteiger partial charge in [-0.2, -0.15) is 8.78 Å². The Bertz CT molecular complexity index is 843. The van der Waals surface area contributed by atoms with Crippen molar-refractivity contribution >= 4 is 29.1 Å². The second kappa shape index (κ2) is 7.95. The predicted octanol–water partition coefficient (Wildman–Crippen LogP) is 2.78. The molecule has 1 fully saturated rings. The van der Waals surface area contributed by atoms with Crippen LogP contribution in [0.2, 0.25) is 0 Å². The number of fused-ring (bicyclic) bond motifs is 1. The third-order valence-electron chi connectivity index (χ3n) is 5.06. The number of halogens is 3. The molecule has 0 aromatic carbocycles. The van der Waals surface area contributed by atoms with E-state index < -0.39 is 17.6 Å². The lowest BCUT2D eigenvalue weighted by Crippen LogP contribution is -2.41. The number of nitrogens with zero attached hydrogens (tertiary/aromatic N) is 2. The Morgan fingerprint density at radius 2 is 2.00 bits per heavy atom. The van der Waals surface area contributed by atoms with Crippen LogP contribution < -0.4 is 5.32 Å². The van der Waals surface area contributed by atoms with Crippen LogP contribution in [-0.4, -0.2) is 52.9 Å². The van der Waals surface area contributed by atoms with Crippen LogP contribution in [0, 0.1) is 5.92 Å². The highest BCUT2D eigenvalue weighted by molar-refractivity contribution is 6.49. The van der Waals surface area contributed by atoms with Gasteiger partial charge in [0, 0.05) is 32.8 Å². The fourth-order valence-electron chi connectivity index (χ4n) is 3.48. The first kappa shape index (κ1) is 20.4. The third-order valence-corrected chi connectivity index (χ3v) is 5.41. The maximum atomic E-state index is 12.8. The van der Waals surface area contributed by atoms with Crippen LogP contribution in [0.25, 0.3) is 0 Å². The van der Waals surface area contributed by atoms with E-state index in [2.05, 4.69) is 10.3 Å². The van der Waals surface area contributed by atoms with Gasteiger partial charge < -0.3 is 10.2 Å². The van der Waals surface area contributed by atoms with E-state index in [1.54, 1.807) is 11.0 Å². The van der Waals surface area contributed by atoms with E-state index in [4.69, 9.17) is 11.6 Å². The second-order valence-corrected chi connectivity index (χ2v) is 7.46. The van der Waals surface area contributed by atoms with E-state index in [-0.39, 0.29) is 40.2 Å². The monoisotopic (exact) mass is 411 g/mol. The minimum Gasteiger partial charge on any atom is -0.367 e. The number of hydrogen-bond acceptors (Lipinski definition) is 5. The summed E-state index contributed by atoms with van der Waals surface area (Å²) in [7, 11) is 0. The largest absolute Gasteiger partial charge is 0.367 e. The molecule has 0 unspecified atom stereocenters. The summed E-state index contributed by atoms with van der Waals surface area (Å²) in [6, 6.07) is 3.11. The summed E-state index contributed by atoms with van der Waals surface area (Å²) in [5.41, 5.74) is 0.493. The van der Waals surface area contributed by atoms with Crippen molar-refractivity contribution in [2.75, 3.05) is 19.6 Å². The predicted molar refractivity (Wildman–Crippen MR) is 98.3 cm³/mol. The van der Waals surface area contributed by atoms with Gasteiger partial charge in [0.25, 0.3) is 5.91 Å². The topological polar surface area (TPSA) is 79.4 Å². The van der Waals surface area contributed by atoms with Crippen LogP contribution in [0.5, 0.6) is 0 Å². The van der Waals surface area contributed by atoms with Gasteiger partial charge in [0.05, 0.1) is 5.56 Å². The molecule has 9 heteroatoms. The number of likely N-dealkylation sites (tertiary alicyclic amines) is 1. The van der Waals surface area contributed by atoms with E-state index in [1.165, 1.54) is 12.3 Å². The number of carbonyl (C=O) groups is 3. The molecule has 0 bridgehead atoms. The summed E-state index contributed by atoms with van der Waals surface area (Å²) in [6.07, 6.45) is 3.42. The van der Waals surface area contributed by atoms with Gasteiger partial charge in [-0.3, -0.25) is 19.4 Å². The Hall–Kier alpha value is -2.35. The van der Waals surface area contributed by atoms with Crippen molar-refractivity contribution in [3.63, 3.8) is 0 Å². The van der Waals surface area contributed by atoms with Gasteiger partial charge >= 0.3 is 5.92 Å². The van der Waals surface area contributed by atoms with Crippen molar-refractivity contribution in [3.8, 4) is 0 Å². The van der Waals surface area contributed by atoms with Crippen LogP contribution in [0.1, 0.15) is 47.0 Å². The van der Waals surface area contributed by atoms with Gasteiger partial charge in [0.2, 0.25) is 11.6 Å². The molecule has 3 rings (SSSR count). The number of alkyl halides is 2. The summed E-state index contributed by atoms with van der Waals surface area (Å²) in [4.78, 5) is 42.3. The van der Waals surface area contributed by atoms with Crippen LogP contribution in [0.15, 0.2) is 29.1 Å². The summed E-state index contributed by atoms with van der Waals surface area (Å²) < 4.78 is 25.7. The zero-order chi connectivity index (χ0) is 20.5. The molecule has 1 amide bonds. The standard InChI is InChI=1S/C19H20ClF2N3O3/c1-19(21,22)18(28)24-8-4-11-5-9-25(10-6-11)15-13(20)16(26)12-3-2-7-23-14(12)17(15)27/h2-3,7,11H,4-6,8-10H2,1H3,(H,24,28). The first-order valence-corrected chi connectivity index (χ1v) is 9.43. The Morgan fingerprint density at radius 1 is 1.32 bits per heavy atom. The highest BCUT2D eigenvalue weighted by Crippen LogP contribution is 2.32. The average Bonchev–Trinajstić information content (AvgIpc) is 2.67. The number of ketones is 2. The van der Waals surface area contributed by atoms with Crippen molar-refractivity contribution in [2.45, 2.75) is 32.1 Å². The van der Waals surface area contributed by atoms with Crippen LogP contribution >= 0.6 is 11.6 Å². The number of nitrogens with one attached hydrogen (secondary N) is 1. The lowest BCUT2D eigenvalue weighted by molar-refractivity contribution is -0.143. The van der Waals surface area contributed by atoms with Crippen molar-refractivity contribution in [3.05, 3.63) is 40.3 Å². The van der Waals surface area contributed by atoms with E-state index in [0.717, 1.165) is 0 Å².